The van der Waals surface area contributed by atoms with Gasteiger partial charge in [-0.2, -0.15) is 0 Å². The van der Waals surface area contributed by atoms with Gasteiger partial charge in [-0.05, 0) is 17.7 Å². The lowest BCUT2D eigenvalue weighted by molar-refractivity contribution is 0.107. The van der Waals surface area contributed by atoms with Crippen molar-refractivity contribution in [3.63, 3.8) is 0 Å². The van der Waals surface area contributed by atoms with Gasteiger partial charge in [-0.25, -0.2) is 0 Å². The second kappa shape index (κ2) is 9.82. The Kier molecular flexibility index (Phi) is 7.29. The minimum Gasteiger partial charge on any atom is -0.493 e. The molecule has 0 radical (unpaired) electrons. The lowest BCUT2D eigenvalue weighted by Crippen LogP contribution is -2.10. The highest BCUT2D eigenvalue weighted by Crippen LogP contribution is 2.19. The largest absolute Gasteiger partial charge is 0.493 e. The Balaban J connectivity index is 1.60. The van der Waals surface area contributed by atoms with E-state index in [9.17, 15) is 0 Å². The summed E-state index contributed by atoms with van der Waals surface area (Å²) in [7, 11) is 0. The normalized spacial score (nSPS) is 10.4. The van der Waals surface area contributed by atoms with Gasteiger partial charge in [0, 0.05) is 19.0 Å². The van der Waals surface area contributed by atoms with E-state index in [2.05, 4.69) is 12.1 Å². The molecular formula is C18H23NO3. The van der Waals surface area contributed by atoms with Gasteiger partial charge in [0.05, 0.1) is 19.8 Å². The molecule has 0 aromatic heterocycles. The molecule has 0 spiro atoms. The van der Waals surface area contributed by atoms with Gasteiger partial charge in [0.15, 0.2) is 0 Å². The third kappa shape index (κ3) is 6.16. The van der Waals surface area contributed by atoms with Crippen molar-refractivity contribution >= 4 is 0 Å². The van der Waals surface area contributed by atoms with Crippen molar-refractivity contribution < 1.29 is 14.2 Å². The zero-order chi connectivity index (χ0) is 15.5. The predicted molar refractivity (Wildman–Crippen MR) is 87.2 cm³/mol. The number of hydrogen-bond donors (Lipinski definition) is 1. The molecule has 0 heterocycles. The number of rotatable bonds is 10. The average Bonchev–Trinajstić information content (AvgIpc) is 2.57. The zero-order valence-electron chi connectivity index (χ0n) is 12.7. The molecule has 0 aliphatic heterocycles. The summed E-state index contributed by atoms with van der Waals surface area (Å²) in [5, 5.41) is 0. The maximum atomic E-state index is 5.69. The number of hydrogen-bond acceptors (Lipinski definition) is 4. The smallest absolute Gasteiger partial charge is 0.123 e. The molecule has 0 aliphatic rings. The number of benzene rings is 2. The lowest BCUT2D eigenvalue weighted by Gasteiger charge is -2.09. The molecule has 4 nitrogen and oxygen atoms in total. The van der Waals surface area contributed by atoms with Crippen LogP contribution in [-0.4, -0.2) is 26.4 Å². The summed E-state index contributed by atoms with van der Waals surface area (Å²) in [5.41, 5.74) is 6.60. The highest BCUT2D eigenvalue weighted by Gasteiger charge is 1.98. The van der Waals surface area contributed by atoms with E-state index in [-0.39, 0.29) is 0 Å². The maximum Gasteiger partial charge on any atom is 0.123 e. The van der Waals surface area contributed by atoms with Crippen LogP contribution in [0.15, 0.2) is 54.6 Å². The first-order chi connectivity index (χ1) is 10.9. The lowest BCUT2D eigenvalue weighted by atomic mass is 10.2. The topological polar surface area (TPSA) is 53.7 Å². The fourth-order valence-electron chi connectivity index (χ4n) is 1.95. The van der Waals surface area contributed by atoms with Crippen molar-refractivity contribution in [2.75, 3.05) is 26.4 Å². The van der Waals surface area contributed by atoms with E-state index in [4.69, 9.17) is 19.9 Å². The van der Waals surface area contributed by atoms with Crippen molar-refractivity contribution in [2.45, 2.75) is 13.0 Å². The molecule has 2 rings (SSSR count). The van der Waals surface area contributed by atoms with Crippen LogP contribution in [0.5, 0.6) is 11.5 Å². The SMILES string of the molecule is NCCOc1cccc(OCCCOCc2ccccc2)c1. The van der Waals surface area contributed by atoms with Gasteiger partial charge in [-0.1, -0.05) is 36.4 Å². The van der Waals surface area contributed by atoms with Gasteiger partial charge in [0.1, 0.15) is 18.1 Å². The van der Waals surface area contributed by atoms with Crippen LogP contribution in [0, 0.1) is 0 Å². The Morgan fingerprint density at radius 3 is 2.23 bits per heavy atom. The van der Waals surface area contributed by atoms with Gasteiger partial charge in [0.25, 0.3) is 0 Å². The molecule has 0 amide bonds. The van der Waals surface area contributed by atoms with Crippen molar-refractivity contribution in [1.29, 1.82) is 0 Å². The van der Waals surface area contributed by atoms with Gasteiger partial charge < -0.3 is 19.9 Å². The van der Waals surface area contributed by atoms with E-state index in [1.54, 1.807) is 0 Å². The van der Waals surface area contributed by atoms with Gasteiger partial charge in [-0.15, -0.1) is 0 Å². The summed E-state index contributed by atoms with van der Waals surface area (Å²) >= 11 is 0. The average molecular weight is 301 g/mol. The van der Waals surface area contributed by atoms with E-state index < -0.39 is 0 Å². The van der Waals surface area contributed by atoms with Crippen molar-refractivity contribution in [3.05, 3.63) is 60.2 Å². The van der Waals surface area contributed by atoms with Crippen LogP contribution in [0.1, 0.15) is 12.0 Å². The van der Waals surface area contributed by atoms with Crippen LogP contribution in [0.2, 0.25) is 0 Å². The molecule has 0 saturated carbocycles. The molecule has 0 saturated heterocycles. The number of nitrogens with two attached hydrogens (primary N) is 1. The second-order valence-corrected chi connectivity index (χ2v) is 4.85. The van der Waals surface area contributed by atoms with Crippen LogP contribution in [0.3, 0.4) is 0 Å². The molecule has 0 aliphatic carbocycles. The summed E-state index contributed by atoms with van der Waals surface area (Å²) in [5.74, 6) is 1.58. The Morgan fingerprint density at radius 2 is 1.50 bits per heavy atom. The molecule has 2 aromatic rings. The molecule has 118 valence electrons. The predicted octanol–water partition coefficient (Wildman–Crippen LogP) is 3.01. The van der Waals surface area contributed by atoms with Crippen LogP contribution >= 0.6 is 0 Å². The zero-order valence-corrected chi connectivity index (χ0v) is 12.7. The highest BCUT2D eigenvalue weighted by molar-refractivity contribution is 5.32. The third-order valence-electron chi connectivity index (χ3n) is 3.01. The summed E-state index contributed by atoms with van der Waals surface area (Å²) in [4.78, 5) is 0. The van der Waals surface area contributed by atoms with Crippen molar-refractivity contribution in [2.24, 2.45) is 5.73 Å². The monoisotopic (exact) mass is 301 g/mol. The van der Waals surface area contributed by atoms with Crippen LogP contribution < -0.4 is 15.2 Å². The van der Waals surface area contributed by atoms with Crippen molar-refractivity contribution in [3.8, 4) is 11.5 Å². The van der Waals surface area contributed by atoms with E-state index in [0.29, 0.717) is 33.0 Å². The molecule has 0 bridgehead atoms. The minimum absolute atomic E-state index is 0.504. The number of ether oxygens (including phenoxy) is 3. The second-order valence-electron chi connectivity index (χ2n) is 4.85. The molecular weight excluding hydrogens is 278 g/mol. The molecule has 2 N–H and O–H groups in total. The Bertz CT molecular complexity index is 531. The van der Waals surface area contributed by atoms with Crippen molar-refractivity contribution in [1.82, 2.24) is 0 Å². The fraction of sp³-hybridized carbons (Fsp3) is 0.333. The third-order valence-corrected chi connectivity index (χ3v) is 3.01. The van der Waals surface area contributed by atoms with E-state index in [1.807, 2.05) is 42.5 Å². The van der Waals surface area contributed by atoms with Gasteiger partial charge in [0.2, 0.25) is 0 Å². The van der Waals surface area contributed by atoms with Gasteiger partial charge in [-0.3, -0.25) is 0 Å². The Labute approximate surface area is 131 Å². The Hall–Kier alpha value is -2.04. The van der Waals surface area contributed by atoms with Crippen LogP contribution in [0.4, 0.5) is 0 Å². The summed E-state index contributed by atoms with van der Waals surface area (Å²) in [6, 6.07) is 17.7. The first-order valence-corrected chi connectivity index (χ1v) is 7.56. The molecule has 0 fully saturated rings. The Morgan fingerprint density at radius 1 is 0.773 bits per heavy atom. The standard InChI is InChI=1S/C18H23NO3/c19-10-13-22-18-9-4-8-17(14-18)21-12-5-11-20-15-16-6-2-1-3-7-16/h1-4,6-9,14H,5,10-13,15,19H2. The minimum atomic E-state index is 0.504. The summed E-state index contributed by atoms with van der Waals surface area (Å²) in [6.45, 7) is 2.96. The first-order valence-electron chi connectivity index (χ1n) is 7.56. The molecule has 4 heteroatoms. The fourth-order valence-corrected chi connectivity index (χ4v) is 1.95. The molecule has 0 atom stereocenters. The van der Waals surface area contributed by atoms with E-state index in [1.165, 1.54) is 5.56 Å². The summed E-state index contributed by atoms with van der Waals surface area (Å²) in [6.07, 6.45) is 0.848. The van der Waals surface area contributed by atoms with E-state index >= 15 is 0 Å². The molecule has 0 unspecified atom stereocenters. The molecule has 2 aromatic carbocycles. The highest BCUT2D eigenvalue weighted by atomic mass is 16.5. The van der Waals surface area contributed by atoms with Crippen LogP contribution in [0.25, 0.3) is 0 Å². The maximum absolute atomic E-state index is 5.69. The van der Waals surface area contributed by atoms with Crippen LogP contribution in [-0.2, 0) is 11.3 Å². The first kappa shape index (κ1) is 16.3. The van der Waals surface area contributed by atoms with E-state index in [0.717, 1.165) is 17.9 Å². The molecule has 22 heavy (non-hydrogen) atoms. The summed E-state index contributed by atoms with van der Waals surface area (Å²) < 4.78 is 16.8. The quantitative estimate of drug-likeness (QED) is 0.685. The van der Waals surface area contributed by atoms with Gasteiger partial charge >= 0.3 is 0 Å².